The summed E-state index contributed by atoms with van der Waals surface area (Å²) in [6.07, 6.45) is 4.13. The molecule has 0 aromatic carbocycles. The van der Waals surface area contributed by atoms with Crippen molar-refractivity contribution in [3.63, 3.8) is 0 Å². The molecule has 2 nitrogen and oxygen atoms in total. The number of halogens is 1. The van der Waals surface area contributed by atoms with Gasteiger partial charge in [0.15, 0.2) is 0 Å². The Bertz CT molecular complexity index is 81.7. The van der Waals surface area contributed by atoms with Gasteiger partial charge < -0.3 is 4.90 Å². The van der Waals surface area contributed by atoms with Gasteiger partial charge in [0.05, 0.1) is 0 Å². The minimum Gasteiger partial charge on any atom is -0.302 e. The van der Waals surface area contributed by atoms with Gasteiger partial charge in [-0.1, -0.05) is 6.42 Å². The fourth-order valence-electron chi connectivity index (χ4n) is 1.38. The maximum atomic E-state index is 5.34. The molecule has 0 aromatic rings. The number of rotatable bonds is 3. The summed E-state index contributed by atoms with van der Waals surface area (Å²) in [5, 5.41) is 0. The van der Waals surface area contributed by atoms with Gasteiger partial charge in [-0.3, -0.25) is 0 Å². The summed E-state index contributed by atoms with van der Waals surface area (Å²) in [6, 6.07) is 0. The summed E-state index contributed by atoms with van der Waals surface area (Å²) in [5.41, 5.74) is 0. The SMILES string of the molecule is ClNCCN1CCCCC1. The lowest BCUT2D eigenvalue weighted by atomic mass is 10.1. The fraction of sp³-hybridized carbons (Fsp3) is 1.00. The summed E-state index contributed by atoms with van der Waals surface area (Å²) < 4.78 is 0. The molecule has 1 aliphatic heterocycles. The van der Waals surface area contributed by atoms with Gasteiger partial charge in [0.1, 0.15) is 0 Å². The highest BCUT2D eigenvalue weighted by Gasteiger charge is 2.07. The standard InChI is InChI=1S/C7H15ClN2/c8-9-4-7-10-5-2-1-3-6-10/h9H,1-7H2. The minimum atomic E-state index is 0.904. The van der Waals surface area contributed by atoms with Crippen LogP contribution in [0, 0.1) is 0 Å². The molecule has 1 aliphatic rings. The number of hydrogen-bond donors (Lipinski definition) is 1. The third-order valence-electron chi connectivity index (χ3n) is 1.97. The first-order valence-corrected chi connectivity index (χ1v) is 4.37. The minimum absolute atomic E-state index is 0.904. The largest absolute Gasteiger partial charge is 0.302 e. The molecular weight excluding hydrogens is 148 g/mol. The Morgan fingerprint density at radius 2 is 1.90 bits per heavy atom. The van der Waals surface area contributed by atoms with Crippen LogP contribution in [-0.4, -0.2) is 31.1 Å². The molecule has 1 N–H and O–H groups in total. The van der Waals surface area contributed by atoms with Crippen molar-refractivity contribution in [3.05, 3.63) is 0 Å². The van der Waals surface area contributed by atoms with Gasteiger partial charge in [0.25, 0.3) is 0 Å². The second kappa shape index (κ2) is 4.94. The van der Waals surface area contributed by atoms with Gasteiger partial charge >= 0.3 is 0 Å². The van der Waals surface area contributed by atoms with Crippen molar-refractivity contribution in [2.75, 3.05) is 26.2 Å². The van der Waals surface area contributed by atoms with Gasteiger partial charge in [-0.15, -0.1) is 0 Å². The summed E-state index contributed by atoms with van der Waals surface area (Å²) in [5.74, 6) is 0. The van der Waals surface area contributed by atoms with E-state index in [0.29, 0.717) is 0 Å². The van der Waals surface area contributed by atoms with E-state index < -0.39 is 0 Å². The molecule has 10 heavy (non-hydrogen) atoms. The van der Waals surface area contributed by atoms with E-state index in [2.05, 4.69) is 9.74 Å². The zero-order valence-electron chi connectivity index (χ0n) is 6.27. The van der Waals surface area contributed by atoms with Gasteiger partial charge in [-0.05, 0) is 37.7 Å². The Morgan fingerprint density at radius 3 is 2.50 bits per heavy atom. The molecule has 0 aromatic heterocycles. The quantitative estimate of drug-likeness (QED) is 0.628. The molecule has 1 saturated heterocycles. The molecule has 1 fully saturated rings. The Morgan fingerprint density at radius 1 is 1.20 bits per heavy atom. The van der Waals surface area contributed by atoms with Crippen molar-refractivity contribution < 1.29 is 0 Å². The van der Waals surface area contributed by atoms with Gasteiger partial charge in [-0.25, -0.2) is 4.84 Å². The second-order valence-electron chi connectivity index (χ2n) is 2.79. The molecule has 0 amide bonds. The maximum absolute atomic E-state index is 5.34. The Balaban J connectivity index is 2.02. The zero-order chi connectivity index (χ0) is 7.23. The Labute approximate surface area is 67.6 Å². The summed E-state index contributed by atoms with van der Waals surface area (Å²) in [7, 11) is 0. The van der Waals surface area contributed by atoms with Crippen LogP contribution in [0.4, 0.5) is 0 Å². The van der Waals surface area contributed by atoms with Crippen molar-refractivity contribution in [2.45, 2.75) is 19.3 Å². The molecule has 0 spiro atoms. The van der Waals surface area contributed by atoms with E-state index >= 15 is 0 Å². The zero-order valence-corrected chi connectivity index (χ0v) is 7.03. The molecule has 1 heterocycles. The number of nitrogens with zero attached hydrogens (tertiary/aromatic N) is 1. The van der Waals surface area contributed by atoms with Crippen LogP contribution in [0.5, 0.6) is 0 Å². The van der Waals surface area contributed by atoms with E-state index in [-0.39, 0.29) is 0 Å². The molecule has 1 rings (SSSR count). The van der Waals surface area contributed by atoms with Crippen LogP contribution in [0.25, 0.3) is 0 Å². The summed E-state index contributed by atoms with van der Waals surface area (Å²) in [4.78, 5) is 5.10. The van der Waals surface area contributed by atoms with Gasteiger partial charge in [0.2, 0.25) is 0 Å². The molecule has 60 valence electrons. The van der Waals surface area contributed by atoms with E-state index in [1.165, 1.54) is 32.4 Å². The molecule has 0 saturated carbocycles. The lowest BCUT2D eigenvalue weighted by Gasteiger charge is -2.25. The van der Waals surface area contributed by atoms with Crippen molar-refractivity contribution in [2.24, 2.45) is 0 Å². The molecule has 0 aliphatic carbocycles. The van der Waals surface area contributed by atoms with Crippen LogP contribution in [0.3, 0.4) is 0 Å². The molecule has 0 atom stereocenters. The summed E-state index contributed by atoms with van der Waals surface area (Å²) in [6.45, 7) is 4.53. The normalized spacial score (nSPS) is 21.3. The number of nitrogens with one attached hydrogen (secondary N) is 1. The number of hydrogen-bond acceptors (Lipinski definition) is 2. The molecule has 0 unspecified atom stereocenters. The second-order valence-corrected chi connectivity index (χ2v) is 3.05. The van der Waals surface area contributed by atoms with Crippen molar-refractivity contribution in [3.8, 4) is 0 Å². The average molecular weight is 163 g/mol. The maximum Gasteiger partial charge on any atom is 0.0236 e. The fourth-order valence-corrected chi connectivity index (χ4v) is 1.47. The highest BCUT2D eigenvalue weighted by atomic mass is 35.5. The van der Waals surface area contributed by atoms with Crippen LogP contribution < -0.4 is 4.84 Å². The first-order chi connectivity index (χ1) is 4.93. The van der Waals surface area contributed by atoms with Crippen LogP contribution in [0.15, 0.2) is 0 Å². The van der Waals surface area contributed by atoms with Crippen molar-refractivity contribution in [1.29, 1.82) is 0 Å². The lowest BCUT2D eigenvalue weighted by molar-refractivity contribution is 0.233. The topological polar surface area (TPSA) is 15.3 Å². The monoisotopic (exact) mass is 162 g/mol. The molecule has 0 bridgehead atoms. The average Bonchev–Trinajstić information content (AvgIpc) is 2.03. The first kappa shape index (κ1) is 8.31. The highest BCUT2D eigenvalue weighted by molar-refractivity contribution is 6.13. The molecule has 0 radical (unpaired) electrons. The smallest absolute Gasteiger partial charge is 0.0236 e. The predicted octanol–water partition coefficient (Wildman–Crippen LogP) is 1.22. The molecule has 3 heteroatoms. The van der Waals surface area contributed by atoms with Crippen LogP contribution in [0.2, 0.25) is 0 Å². The summed E-state index contributed by atoms with van der Waals surface area (Å²) >= 11 is 5.34. The number of piperidine rings is 1. The Hall–Kier alpha value is 0.210. The van der Waals surface area contributed by atoms with E-state index in [1.807, 2.05) is 0 Å². The van der Waals surface area contributed by atoms with E-state index in [9.17, 15) is 0 Å². The number of likely N-dealkylation sites (tertiary alicyclic amines) is 1. The van der Waals surface area contributed by atoms with E-state index in [0.717, 1.165) is 13.1 Å². The van der Waals surface area contributed by atoms with Crippen LogP contribution >= 0.6 is 11.8 Å². The van der Waals surface area contributed by atoms with Crippen molar-refractivity contribution in [1.82, 2.24) is 9.74 Å². The lowest BCUT2D eigenvalue weighted by Crippen LogP contribution is -2.34. The molecular formula is C7H15ClN2. The van der Waals surface area contributed by atoms with Crippen LogP contribution in [-0.2, 0) is 0 Å². The highest BCUT2D eigenvalue weighted by Crippen LogP contribution is 2.06. The first-order valence-electron chi connectivity index (χ1n) is 3.99. The van der Waals surface area contributed by atoms with Crippen molar-refractivity contribution >= 4 is 11.8 Å². The van der Waals surface area contributed by atoms with Gasteiger partial charge in [-0.2, -0.15) is 0 Å². The third-order valence-corrected chi connectivity index (χ3v) is 2.16. The van der Waals surface area contributed by atoms with Gasteiger partial charge in [0, 0.05) is 13.1 Å². The Kier molecular flexibility index (Phi) is 4.10. The van der Waals surface area contributed by atoms with E-state index in [1.54, 1.807) is 0 Å². The van der Waals surface area contributed by atoms with Crippen LogP contribution in [0.1, 0.15) is 19.3 Å². The third kappa shape index (κ3) is 2.86. The predicted molar refractivity (Wildman–Crippen MR) is 44.1 cm³/mol. The van der Waals surface area contributed by atoms with E-state index in [4.69, 9.17) is 11.8 Å².